The Kier molecular flexibility index (Phi) is 5.34. The molecule has 27 heavy (non-hydrogen) atoms. The fraction of sp³-hybridized carbons (Fsp3) is 0.667. The highest BCUT2D eigenvalue weighted by atomic mass is 16.7. The summed E-state index contributed by atoms with van der Waals surface area (Å²) in [5, 5.41) is 0. The molecule has 1 unspecified atom stereocenters. The van der Waals surface area contributed by atoms with E-state index in [1.165, 1.54) is 0 Å². The number of amides is 1. The van der Waals surface area contributed by atoms with Crippen LogP contribution in [0.5, 0.6) is 5.75 Å². The molecule has 1 aromatic carbocycles. The van der Waals surface area contributed by atoms with Crippen molar-refractivity contribution in [2.75, 3.05) is 11.5 Å². The Morgan fingerprint density at radius 1 is 1.26 bits per heavy atom. The second-order valence-electron chi connectivity index (χ2n) is 8.70. The number of hydrogen-bond acceptors (Lipinski definition) is 4. The normalized spacial score (nSPS) is 23.3. The first kappa shape index (κ1) is 20.2. The first-order valence-electron chi connectivity index (χ1n) is 10.0. The molecule has 5 nitrogen and oxygen atoms in total. The summed E-state index contributed by atoms with van der Waals surface area (Å²) in [4.78, 5) is 14.1. The summed E-state index contributed by atoms with van der Waals surface area (Å²) in [5.74, 6) is 0.888. The maximum atomic E-state index is 12.2. The van der Waals surface area contributed by atoms with E-state index in [0.717, 1.165) is 41.7 Å². The molecule has 6 heteroatoms. The van der Waals surface area contributed by atoms with E-state index in [-0.39, 0.29) is 11.9 Å². The lowest BCUT2D eigenvalue weighted by atomic mass is 9.76. The van der Waals surface area contributed by atoms with Gasteiger partial charge in [0.05, 0.1) is 23.5 Å². The standard InChI is InChI=1S/C21H32BNO4/c1-8-13-25-19-16-10-9-14(2)23(15(3)24)18(16)12-11-17(19)22-26-20(4,5)21(6,7)27-22/h11-12,14H,8-10,13H2,1-7H3. The lowest BCUT2D eigenvalue weighted by molar-refractivity contribution is -0.117. The van der Waals surface area contributed by atoms with Crippen molar-refractivity contribution in [2.24, 2.45) is 0 Å². The van der Waals surface area contributed by atoms with Gasteiger partial charge in [0.2, 0.25) is 5.91 Å². The molecule has 148 valence electrons. The zero-order chi connectivity index (χ0) is 20.0. The molecule has 0 N–H and O–H groups in total. The first-order chi connectivity index (χ1) is 12.6. The van der Waals surface area contributed by atoms with Crippen LogP contribution in [0.25, 0.3) is 0 Å². The number of ether oxygens (including phenoxy) is 1. The molecule has 1 saturated heterocycles. The van der Waals surface area contributed by atoms with E-state index in [9.17, 15) is 4.79 Å². The van der Waals surface area contributed by atoms with Crippen LogP contribution in [-0.4, -0.2) is 36.9 Å². The second-order valence-corrected chi connectivity index (χ2v) is 8.70. The molecule has 1 fully saturated rings. The van der Waals surface area contributed by atoms with Crippen LogP contribution < -0.4 is 15.1 Å². The Morgan fingerprint density at radius 2 is 1.89 bits per heavy atom. The molecule has 2 heterocycles. The van der Waals surface area contributed by atoms with E-state index in [1.807, 2.05) is 17.0 Å². The van der Waals surface area contributed by atoms with Gasteiger partial charge in [-0.05, 0) is 59.9 Å². The Balaban J connectivity index is 2.07. The third-order valence-corrected chi connectivity index (χ3v) is 6.08. The largest absolute Gasteiger partial charge is 0.498 e. The van der Waals surface area contributed by atoms with Crippen molar-refractivity contribution in [3.05, 3.63) is 17.7 Å². The number of carbonyl (C=O) groups excluding carboxylic acids is 1. The highest BCUT2D eigenvalue weighted by Crippen LogP contribution is 2.40. The average Bonchev–Trinajstić information content (AvgIpc) is 2.79. The number of rotatable bonds is 4. The van der Waals surface area contributed by atoms with E-state index in [1.54, 1.807) is 6.92 Å². The van der Waals surface area contributed by atoms with E-state index in [4.69, 9.17) is 14.0 Å². The molecule has 0 radical (unpaired) electrons. The minimum Gasteiger partial charge on any atom is -0.494 e. The molecule has 0 spiro atoms. The zero-order valence-electron chi connectivity index (χ0n) is 17.7. The fourth-order valence-corrected chi connectivity index (χ4v) is 3.83. The molecular formula is C21H32BNO4. The van der Waals surface area contributed by atoms with Gasteiger partial charge in [-0.15, -0.1) is 0 Å². The van der Waals surface area contributed by atoms with Crippen molar-refractivity contribution in [1.29, 1.82) is 0 Å². The summed E-state index contributed by atoms with van der Waals surface area (Å²) < 4.78 is 18.7. The highest BCUT2D eigenvalue weighted by molar-refractivity contribution is 6.63. The Morgan fingerprint density at radius 3 is 2.44 bits per heavy atom. The van der Waals surface area contributed by atoms with Gasteiger partial charge in [0, 0.05) is 24.0 Å². The number of hydrogen-bond donors (Lipinski definition) is 0. The zero-order valence-corrected chi connectivity index (χ0v) is 17.7. The second kappa shape index (κ2) is 7.14. The smallest absolute Gasteiger partial charge is 0.494 e. The summed E-state index contributed by atoms with van der Waals surface area (Å²) in [6.45, 7) is 14.6. The van der Waals surface area contributed by atoms with E-state index >= 15 is 0 Å². The predicted molar refractivity (Wildman–Crippen MR) is 109 cm³/mol. The monoisotopic (exact) mass is 373 g/mol. The van der Waals surface area contributed by atoms with Gasteiger partial charge in [0.1, 0.15) is 5.75 Å². The summed E-state index contributed by atoms with van der Waals surface area (Å²) in [6, 6.07) is 4.21. The lowest BCUT2D eigenvalue weighted by Gasteiger charge is -2.36. The number of benzene rings is 1. The lowest BCUT2D eigenvalue weighted by Crippen LogP contribution is -2.42. The number of carbonyl (C=O) groups is 1. The van der Waals surface area contributed by atoms with Crippen molar-refractivity contribution >= 4 is 24.2 Å². The van der Waals surface area contributed by atoms with Crippen LogP contribution >= 0.6 is 0 Å². The molecule has 1 atom stereocenters. The average molecular weight is 373 g/mol. The van der Waals surface area contributed by atoms with Crippen LogP contribution in [0, 0.1) is 0 Å². The van der Waals surface area contributed by atoms with Gasteiger partial charge in [-0.1, -0.05) is 13.0 Å². The van der Waals surface area contributed by atoms with E-state index in [0.29, 0.717) is 6.61 Å². The summed E-state index contributed by atoms with van der Waals surface area (Å²) in [5.41, 5.74) is 2.14. The van der Waals surface area contributed by atoms with E-state index < -0.39 is 18.3 Å². The molecule has 0 saturated carbocycles. The molecule has 3 rings (SSSR count). The first-order valence-corrected chi connectivity index (χ1v) is 10.0. The summed E-state index contributed by atoms with van der Waals surface area (Å²) in [7, 11) is -0.475. The van der Waals surface area contributed by atoms with Crippen molar-refractivity contribution in [2.45, 2.75) is 85.0 Å². The Labute approximate surface area is 163 Å². The molecule has 0 bridgehead atoms. The molecule has 0 aliphatic carbocycles. The number of anilines is 1. The Hall–Kier alpha value is -1.53. The quantitative estimate of drug-likeness (QED) is 0.759. The third kappa shape index (κ3) is 3.50. The van der Waals surface area contributed by atoms with Gasteiger partial charge < -0.3 is 18.9 Å². The Bertz CT molecular complexity index is 715. The molecule has 0 aromatic heterocycles. The van der Waals surface area contributed by atoms with Gasteiger partial charge in [0.25, 0.3) is 0 Å². The molecule has 2 aliphatic rings. The third-order valence-electron chi connectivity index (χ3n) is 6.08. The van der Waals surface area contributed by atoms with Crippen LogP contribution in [0.4, 0.5) is 5.69 Å². The summed E-state index contributed by atoms with van der Waals surface area (Å²) >= 11 is 0. The van der Waals surface area contributed by atoms with Gasteiger partial charge in [-0.3, -0.25) is 4.79 Å². The number of nitrogens with zero attached hydrogens (tertiary/aromatic N) is 1. The highest BCUT2D eigenvalue weighted by Gasteiger charge is 2.53. The van der Waals surface area contributed by atoms with Crippen molar-refractivity contribution in [3.63, 3.8) is 0 Å². The van der Waals surface area contributed by atoms with Gasteiger partial charge in [-0.2, -0.15) is 0 Å². The SMILES string of the molecule is CCCOc1c(B2OC(C)(C)C(C)(C)O2)ccc2c1CCC(C)N2C(C)=O. The fourth-order valence-electron chi connectivity index (χ4n) is 3.83. The minimum atomic E-state index is -0.475. The minimum absolute atomic E-state index is 0.0632. The maximum absolute atomic E-state index is 12.2. The van der Waals surface area contributed by atoms with Crippen LogP contribution in [-0.2, 0) is 20.5 Å². The van der Waals surface area contributed by atoms with Crippen molar-refractivity contribution in [1.82, 2.24) is 0 Å². The van der Waals surface area contributed by atoms with Crippen molar-refractivity contribution < 1.29 is 18.8 Å². The van der Waals surface area contributed by atoms with E-state index in [2.05, 4.69) is 41.5 Å². The van der Waals surface area contributed by atoms with Crippen LogP contribution in [0.3, 0.4) is 0 Å². The van der Waals surface area contributed by atoms with Crippen LogP contribution in [0.1, 0.15) is 66.9 Å². The summed E-state index contributed by atoms with van der Waals surface area (Å²) in [6.07, 6.45) is 2.72. The topological polar surface area (TPSA) is 48.0 Å². The molecule has 1 aromatic rings. The van der Waals surface area contributed by atoms with Gasteiger partial charge in [0.15, 0.2) is 0 Å². The van der Waals surface area contributed by atoms with Crippen LogP contribution in [0.2, 0.25) is 0 Å². The van der Waals surface area contributed by atoms with Crippen molar-refractivity contribution in [3.8, 4) is 5.75 Å². The number of fused-ring (bicyclic) bond motifs is 1. The maximum Gasteiger partial charge on any atom is 0.498 e. The molecule has 1 amide bonds. The van der Waals surface area contributed by atoms with Gasteiger partial charge in [-0.25, -0.2) is 0 Å². The molecular weight excluding hydrogens is 341 g/mol. The van der Waals surface area contributed by atoms with Crippen LogP contribution in [0.15, 0.2) is 12.1 Å². The molecule has 2 aliphatic heterocycles. The predicted octanol–water partition coefficient (Wildman–Crippen LogP) is 3.46. The van der Waals surface area contributed by atoms with Gasteiger partial charge >= 0.3 is 7.12 Å².